The Labute approximate surface area is 105 Å². The standard InChI is InChI=1S/C13H17F3N2/c1-18(10-3-4-10)12-5-2-9(6-7-17)8-11(12)13(14,15)16/h2,5,8,10H,3-4,6-7,17H2,1H3. The zero-order valence-electron chi connectivity index (χ0n) is 10.3. The van der Waals surface area contributed by atoms with Crippen LogP contribution in [-0.2, 0) is 12.6 Å². The van der Waals surface area contributed by atoms with E-state index in [2.05, 4.69) is 0 Å². The topological polar surface area (TPSA) is 29.3 Å². The van der Waals surface area contributed by atoms with Crippen LogP contribution in [-0.4, -0.2) is 19.6 Å². The molecule has 1 aliphatic rings. The first kappa shape index (κ1) is 13.2. The maximum Gasteiger partial charge on any atom is 0.418 e. The number of halogens is 3. The second kappa shape index (κ2) is 4.80. The second-order valence-electron chi connectivity index (χ2n) is 4.73. The fourth-order valence-electron chi connectivity index (χ4n) is 2.10. The summed E-state index contributed by atoms with van der Waals surface area (Å²) >= 11 is 0. The smallest absolute Gasteiger partial charge is 0.371 e. The van der Waals surface area contributed by atoms with E-state index in [-0.39, 0.29) is 11.7 Å². The summed E-state index contributed by atoms with van der Waals surface area (Å²) in [6.07, 6.45) is -1.91. The molecule has 0 amide bonds. The molecule has 0 unspecified atom stereocenters. The van der Waals surface area contributed by atoms with Crippen molar-refractivity contribution in [2.24, 2.45) is 5.73 Å². The largest absolute Gasteiger partial charge is 0.418 e. The van der Waals surface area contributed by atoms with Crippen molar-refractivity contribution in [1.29, 1.82) is 0 Å². The summed E-state index contributed by atoms with van der Waals surface area (Å²) in [6.45, 7) is 0.356. The third-order valence-corrected chi connectivity index (χ3v) is 3.27. The van der Waals surface area contributed by atoms with Gasteiger partial charge in [0.2, 0.25) is 0 Å². The van der Waals surface area contributed by atoms with Crippen LogP contribution in [0, 0.1) is 0 Å². The zero-order chi connectivity index (χ0) is 13.3. The molecule has 5 heteroatoms. The number of benzene rings is 1. The summed E-state index contributed by atoms with van der Waals surface area (Å²) in [7, 11) is 1.73. The lowest BCUT2D eigenvalue weighted by Crippen LogP contribution is -2.23. The molecule has 1 aliphatic carbocycles. The fraction of sp³-hybridized carbons (Fsp3) is 0.538. The summed E-state index contributed by atoms with van der Waals surface area (Å²) in [5.74, 6) is 0. The van der Waals surface area contributed by atoms with Gasteiger partial charge in [0.15, 0.2) is 0 Å². The third kappa shape index (κ3) is 2.77. The molecule has 2 nitrogen and oxygen atoms in total. The summed E-state index contributed by atoms with van der Waals surface area (Å²) in [5.41, 5.74) is 5.74. The highest BCUT2D eigenvalue weighted by Crippen LogP contribution is 2.40. The number of anilines is 1. The molecule has 1 aromatic carbocycles. The van der Waals surface area contributed by atoms with Crippen molar-refractivity contribution in [2.75, 3.05) is 18.5 Å². The van der Waals surface area contributed by atoms with Crippen LogP contribution >= 0.6 is 0 Å². The van der Waals surface area contributed by atoms with Crippen molar-refractivity contribution >= 4 is 5.69 Å². The van der Waals surface area contributed by atoms with E-state index in [0.717, 1.165) is 12.8 Å². The molecule has 0 bridgehead atoms. The van der Waals surface area contributed by atoms with Crippen molar-refractivity contribution in [3.05, 3.63) is 29.3 Å². The molecule has 0 spiro atoms. The van der Waals surface area contributed by atoms with Crippen LogP contribution in [0.1, 0.15) is 24.0 Å². The van der Waals surface area contributed by atoms with Crippen LogP contribution in [0.3, 0.4) is 0 Å². The number of rotatable bonds is 4. The Morgan fingerprint density at radius 3 is 2.50 bits per heavy atom. The van der Waals surface area contributed by atoms with Gasteiger partial charge in [0.05, 0.1) is 5.56 Å². The van der Waals surface area contributed by atoms with Gasteiger partial charge >= 0.3 is 6.18 Å². The van der Waals surface area contributed by atoms with Crippen molar-refractivity contribution in [1.82, 2.24) is 0 Å². The molecule has 0 heterocycles. The quantitative estimate of drug-likeness (QED) is 0.899. The Bertz CT molecular complexity index is 425. The first-order chi connectivity index (χ1) is 8.43. The van der Waals surface area contributed by atoms with Crippen LogP contribution < -0.4 is 10.6 Å². The van der Waals surface area contributed by atoms with Gasteiger partial charge in [-0.2, -0.15) is 13.2 Å². The lowest BCUT2D eigenvalue weighted by molar-refractivity contribution is -0.137. The average Bonchev–Trinajstić information content (AvgIpc) is 3.11. The molecule has 1 saturated carbocycles. The molecule has 1 fully saturated rings. The van der Waals surface area contributed by atoms with Gasteiger partial charge in [-0.25, -0.2) is 0 Å². The molecular weight excluding hydrogens is 241 g/mol. The van der Waals surface area contributed by atoms with Crippen molar-refractivity contribution < 1.29 is 13.2 Å². The van der Waals surface area contributed by atoms with Gasteiger partial charge in [-0.1, -0.05) is 6.07 Å². The van der Waals surface area contributed by atoms with Crippen LogP contribution in [0.25, 0.3) is 0 Å². The molecule has 1 aromatic rings. The first-order valence-electron chi connectivity index (χ1n) is 6.06. The fourth-order valence-corrected chi connectivity index (χ4v) is 2.10. The van der Waals surface area contributed by atoms with Gasteiger partial charge in [-0.05, 0) is 43.5 Å². The summed E-state index contributed by atoms with van der Waals surface area (Å²) < 4.78 is 39.2. The molecule has 2 N–H and O–H groups in total. The Morgan fingerprint density at radius 1 is 1.33 bits per heavy atom. The lowest BCUT2D eigenvalue weighted by Gasteiger charge is -2.24. The second-order valence-corrected chi connectivity index (χ2v) is 4.73. The minimum Gasteiger partial charge on any atom is -0.371 e. The summed E-state index contributed by atoms with van der Waals surface area (Å²) in [5, 5.41) is 0. The molecule has 0 aliphatic heterocycles. The van der Waals surface area contributed by atoms with Gasteiger partial charge in [-0.15, -0.1) is 0 Å². The predicted molar refractivity (Wildman–Crippen MR) is 65.6 cm³/mol. The Kier molecular flexibility index (Phi) is 3.52. The number of nitrogens with zero attached hydrogens (tertiary/aromatic N) is 1. The van der Waals surface area contributed by atoms with E-state index in [4.69, 9.17) is 5.73 Å². The van der Waals surface area contributed by atoms with Gasteiger partial charge in [0, 0.05) is 18.8 Å². The van der Waals surface area contributed by atoms with E-state index in [0.29, 0.717) is 18.5 Å². The number of alkyl halides is 3. The van der Waals surface area contributed by atoms with E-state index in [9.17, 15) is 13.2 Å². The van der Waals surface area contributed by atoms with Crippen molar-refractivity contribution in [3.63, 3.8) is 0 Å². The Hall–Kier alpha value is -1.23. The van der Waals surface area contributed by atoms with Crippen LogP contribution in [0.5, 0.6) is 0 Å². The number of hydrogen-bond acceptors (Lipinski definition) is 2. The average molecular weight is 258 g/mol. The maximum atomic E-state index is 13.1. The Balaban J connectivity index is 2.38. The normalized spacial score (nSPS) is 15.8. The number of nitrogens with two attached hydrogens (primary N) is 1. The van der Waals surface area contributed by atoms with Gasteiger partial charge < -0.3 is 10.6 Å². The molecule has 18 heavy (non-hydrogen) atoms. The van der Waals surface area contributed by atoms with E-state index >= 15 is 0 Å². The van der Waals surface area contributed by atoms with Crippen LogP contribution in [0.2, 0.25) is 0 Å². The Morgan fingerprint density at radius 2 is 2.00 bits per heavy atom. The lowest BCUT2D eigenvalue weighted by atomic mass is 10.0. The SMILES string of the molecule is CN(c1ccc(CCN)cc1C(F)(F)F)C1CC1. The van der Waals surface area contributed by atoms with E-state index in [1.165, 1.54) is 6.07 Å². The van der Waals surface area contributed by atoms with Crippen molar-refractivity contribution in [2.45, 2.75) is 31.5 Å². The van der Waals surface area contributed by atoms with Gasteiger partial charge in [-0.3, -0.25) is 0 Å². The van der Waals surface area contributed by atoms with Gasteiger partial charge in [0.25, 0.3) is 0 Å². The zero-order valence-corrected chi connectivity index (χ0v) is 10.3. The monoisotopic (exact) mass is 258 g/mol. The molecular formula is C13H17F3N2. The maximum absolute atomic E-state index is 13.1. The molecule has 0 atom stereocenters. The highest BCUT2D eigenvalue weighted by molar-refractivity contribution is 5.57. The molecule has 2 rings (SSSR count). The van der Waals surface area contributed by atoms with E-state index < -0.39 is 11.7 Å². The minimum absolute atomic E-state index is 0.256. The summed E-state index contributed by atoms with van der Waals surface area (Å²) in [4.78, 5) is 1.73. The highest BCUT2D eigenvalue weighted by Gasteiger charge is 2.37. The molecule has 100 valence electrons. The molecule has 0 aromatic heterocycles. The van der Waals surface area contributed by atoms with E-state index in [1.807, 2.05) is 0 Å². The minimum atomic E-state index is -4.32. The highest BCUT2D eigenvalue weighted by atomic mass is 19.4. The van der Waals surface area contributed by atoms with E-state index in [1.54, 1.807) is 24.1 Å². The number of hydrogen-bond donors (Lipinski definition) is 1. The third-order valence-electron chi connectivity index (χ3n) is 3.27. The van der Waals surface area contributed by atoms with Gasteiger partial charge in [0.1, 0.15) is 0 Å². The molecule has 0 saturated heterocycles. The molecule has 0 radical (unpaired) electrons. The van der Waals surface area contributed by atoms with Crippen LogP contribution in [0.15, 0.2) is 18.2 Å². The first-order valence-corrected chi connectivity index (χ1v) is 6.06. The predicted octanol–water partition coefficient (Wildman–Crippen LogP) is 2.81. The van der Waals surface area contributed by atoms with Crippen molar-refractivity contribution in [3.8, 4) is 0 Å². The summed E-state index contributed by atoms with van der Waals surface area (Å²) in [6, 6.07) is 4.77. The van der Waals surface area contributed by atoms with Crippen LogP contribution in [0.4, 0.5) is 18.9 Å².